The van der Waals surface area contributed by atoms with E-state index >= 15 is 0 Å². The molecule has 0 aliphatic heterocycles. The Morgan fingerprint density at radius 2 is 2.16 bits per heavy atom. The first-order chi connectivity index (χ1) is 12.2. The van der Waals surface area contributed by atoms with Gasteiger partial charge in [-0.15, -0.1) is 0 Å². The van der Waals surface area contributed by atoms with Crippen LogP contribution >= 0.6 is 23.1 Å². The summed E-state index contributed by atoms with van der Waals surface area (Å²) in [4.78, 5) is 16.8. The number of nitrogens with zero attached hydrogens (tertiary/aromatic N) is 4. The molecule has 0 bridgehead atoms. The third-order valence-corrected chi connectivity index (χ3v) is 4.95. The van der Waals surface area contributed by atoms with E-state index in [9.17, 15) is 10.1 Å². The summed E-state index contributed by atoms with van der Waals surface area (Å²) in [5.41, 5.74) is 0.945. The average molecular weight is 369 g/mol. The van der Waals surface area contributed by atoms with E-state index in [1.807, 2.05) is 18.2 Å². The van der Waals surface area contributed by atoms with Crippen molar-refractivity contribution in [3.8, 4) is 11.9 Å². The quantitative estimate of drug-likeness (QED) is 0.577. The largest absolute Gasteiger partial charge is 0.343 e. The molecule has 0 aliphatic carbocycles. The first-order valence-electron chi connectivity index (χ1n) is 7.15. The molecule has 1 aromatic carbocycles. The fourth-order valence-electron chi connectivity index (χ4n) is 2.45. The fraction of sp³-hybridized carbons (Fsp3) is 0. The maximum absolute atomic E-state index is 12.5. The lowest BCUT2D eigenvalue weighted by atomic mass is 10.2. The fourth-order valence-corrected chi connectivity index (χ4v) is 3.59. The van der Waals surface area contributed by atoms with Crippen molar-refractivity contribution >= 4 is 44.7 Å². The number of nitriles is 1. The van der Waals surface area contributed by atoms with E-state index in [1.54, 1.807) is 24.4 Å². The number of hydrogen-bond acceptors (Lipinski definition) is 6. The van der Waals surface area contributed by atoms with Crippen LogP contribution in [0.15, 0.2) is 47.5 Å². The molecule has 3 aromatic heterocycles. The van der Waals surface area contributed by atoms with Gasteiger partial charge < -0.3 is 5.32 Å². The third-order valence-electron chi connectivity index (χ3n) is 3.60. The first-order valence-corrected chi connectivity index (χ1v) is 8.30. The summed E-state index contributed by atoms with van der Waals surface area (Å²) in [6.45, 7) is 0. The Bertz CT molecular complexity index is 1170. The van der Waals surface area contributed by atoms with Crippen molar-refractivity contribution in [2.75, 3.05) is 5.32 Å². The van der Waals surface area contributed by atoms with Gasteiger partial charge >= 0.3 is 0 Å². The summed E-state index contributed by atoms with van der Waals surface area (Å²) in [5.74, 6) is 0.491. The van der Waals surface area contributed by atoms with E-state index in [-0.39, 0.29) is 5.56 Å². The van der Waals surface area contributed by atoms with E-state index in [2.05, 4.69) is 20.5 Å². The molecule has 0 atom stereocenters. The molecule has 0 unspecified atom stereocenters. The molecule has 0 aliphatic rings. The highest BCUT2D eigenvalue weighted by Gasteiger charge is 2.18. The maximum Gasteiger partial charge on any atom is 0.286 e. The molecule has 25 heavy (non-hydrogen) atoms. The van der Waals surface area contributed by atoms with Crippen LogP contribution in [0.4, 0.5) is 10.7 Å². The van der Waals surface area contributed by atoms with Gasteiger partial charge in [0.15, 0.2) is 5.56 Å². The number of H-pyrrole nitrogens is 1. The van der Waals surface area contributed by atoms with Crippen LogP contribution in [0.2, 0.25) is 5.02 Å². The van der Waals surface area contributed by atoms with Crippen molar-refractivity contribution in [2.24, 2.45) is 0 Å². The molecule has 0 spiro atoms. The number of nitrogens with one attached hydrogen (secondary N) is 2. The van der Waals surface area contributed by atoms with Gasteiger partial charge in [-0.2, -0.15) is 10.4 Å². The summed E-state index contributed by atoms with van der Waals surface area (Å²) in [6, 6.07) is 10.8. The Morgan fingerprint density at radius 3 is 2.92 bits per heavy atom. The molecular weight excluding hydrogens is 360 g/mol. The van der Waals surface area contributed by atoms with Crippen molar-refractivity contribution in [1.82, 2.24) is 19.1 Å². The van der Waals surface area contributed by atoms with Crippen molar-refractivity contribution in [3.63, 3.8) is 0 Å². The summed E-state index contributed by atoms with van der Waals surface area (Å²) in [7, 11) is 0. The van der Waals surface area contributed by atoms with Crippen molar-refractivity contribution in [2.45, 2.75) is 0 Å². The van der Waals surface area contributed by atoms with Crippen LogP contribution in [0.25, 0.3) is 16.7 Å². The zero-order chi connectivity index (χ0) is 17.4. The van der Waals surface area contributed by atoms with E-state index < -0.39 is 5.56 Å². The van der Waals surface area contributed by atoms with E-state index in [0.29, 0.717) is 21.5 Å². The number of aromatic amines is 1. The lowest BCUT2D eigenvalue weighted by molar-refractivity contribution is 0.991. The van der Waals surface area contributed by atoms with Gasteiger partial charge in [0.25, 0.3) is 5.56 Å². The Hall–Kier alpha value is -3.15. The van der Waals surface area contributed by atoms with Gasteiger partial charge in [0.1, 0.15) is 16.9 Å². The van der Waals surface area contributed by atoms with E-state index in [0.717, 1.165) is 22.4 Å². The second-order valence-corrected chi connectivity index (χ2v) is 6.43. The molecule has 7 nitrogen and oxygen atoms in total. The van der Waals surface area contributed by atoms with Gasteiger partial charge in [-0.3, -0.25) is 14.9 Å². The highest BCUT2D eigenvalue weighted by molar-refractivity contribution is 7.11. The molecule has 4 rings (SSSR count). The number of pyridine rings is 1. The normalized spacial score (nSPS) is 10.7. The Balaban J connectivity index is 1.88. The minimum Gasteiger partial charge on any atom is -0.343 e. The highest BCUT2D eigenvalue weighted by Crippen LogP contribution is 2.35. The topological polar surface area (TPSA) is 99.4 Å². The van der Waals surface area contributed by atoms with Crippen LogP contribution in [0.1, 0.15) is 5.56 Å². The Kier molecular flexibility index (Phi) is 3.72. The monoisotopic (exact) mass is 368 g/mol. The van der Waals surface area contributed by atoms with Gasteiger partial charge in [-0.05, 0) is 35.8 Å². The Labute approximate surface area is 150 Å². The predicted octanol–water partition coefficient (Wildman–Crippen LogP) is 3.44. The standard InChI is InChI=1S/C16H9ClN6OS/c17-11-3-4-12-9(2-1-6-19-12)14(11)21-15-10(8-18)16(24)23(25-15)13-5-7-20-22-13/h1-7,21H,(H,20,22). The molecular formula is C16H9ClN6OS. The molecule has 122 valence electrons. The van der Waals surface area contributed by atoms with Gasteiger partial charge in [0.2, 0.25) is 0 Å². The van der Waals surface area contributed by atoms with Crippen LogP contribution in [-0.2, 0) is 0 Å². The number of halogens is 1. The van der Waals surface area contributed by atoms with Crippen LogP contribution in [-0.4, -0.2) is 19.1 Å². The zero-order valence-electron chi connectivity index (χ0n) is 12.5. The average Bonchev–Trinajstić information content (AvgIpc) is 3.25. The molecule has 0 radical (unpaired) electrons. The number of rotatable bonds is 3. The van der Waals surface area contributed by atoms with Crippen LogP contribution < -0.4 is 10.9 Å². The molecule has 0 saturated carbocycles. The van der Waals surface area contributed by atoms with Gasteiger partial charge in [0.05, 0.1) is 22.4 Å². The van der Waals surface area contributed by atoms with Crippen molar-refractivity contribution in [1.29, 1.82) is 5.26 Å². The summed E-state index contributed by atoms with van der Waals surface area (Å²) < 4.78 is 1.37. The second kappa shape index (κ2) is 6.05. The molecule has 0 saturated heterocycles. The molecule has 9 heteroatoms. The lowest BCUT2D eigenvalue weighted by Crippen LogP contribution is -2.13. The number of aromatic nitrogens is 4. The summed E-state index contributed by atoms with van der Waals surface area (Å²) in [6.07, 6.45) is 3.22. The summed E-state index contributed by atoms with van der Waals surface area (Å²) in [5, 5.41) is 20.7. The van der Waals surface area contributed by atoms with Crippen LogP contribution in [0.3, 0.4) is 0 Å². The first kappa shape index (κ1) is 15.4. The maximum atomic E-state index is 12.5. The minimum absolute atomic E-state index is 0.0107. The van der Waals surface area contributed by atoms with Crippen LogP contribution in [0, 0.1) is 11.3 Å². The minimum atomic E-state index is -0.422. The third kappa shape index (κ3) is 2.55. The zero-order valence-corrected chi connectivity index (χ0v) is 14.1. The van der Waals surface area contributed by atoms with Gasteiger partial charge in [-0.25, -0.2) is 3.96 Å². The van der Waals surface area contributed by atoms with E-state index in [1.165, 1.54) is 10.2 Å². The van der Waals surface area contributed by atoms with Gasteiger partial charge in [0, 0.05) is 17.6 Å². The highest BCUT2D eigenvalue weighted by atomic mass is 35.5. The number of hydrogen-bond donors (Lipinski definition) is 2. The molecule has 0 fully saturated rings. The van der Waals surface area contributed by atoms with Crippen molar-refractivity contribution < 1.29 is 0 Å². The predicted molar refractivity (Wildman–Crippen MR) is 96.8 cm³/mol. The number of anilines is 2. The Morgan fingerprint density at radius 1 is 1.28 bits per heavy atom. The number of benzene rings is 1. The number of fused-ring (bicyclic) bond motifs is 1. The van der Waals surface area contributed by atoms with Crippen LogP contribution in [0.5, 0.6) is 0 Å². The summed E-state index contributed by atoms with van der Waals surface area (Å²) >= 11 is 7.43. The SMILES string of the molecule is N#Cc1c(Nc2c(Cl)ccc3ncccc23)sn(-c2ccn[nH]2)c1=O. The lowest BCUT2D eigenvalue weighted by Gasteiger charge is -2.09. The smallest absolute Gasteiger partial charge is 0.286 e. The molecule has 3 heterocycles. The second-order valence-electron chi connectivity index (χ2n) is 5.07. The van der Waals surface area contributed by atoms with Gasteiger partial charge in [-0.1, -0.05) is 11.6 Å². The molecule has 4 aromatic rings. The molecule has 2 N–H and O–H groups in total. The van der Waals surface area contributed by atoms with E-state index in [4.69, 9.17) is 11.6 Å². The molecule has 0 amide bonds. The van der Waals surface area contributed by atoms with Crippen molar-refractivity contribution in [3.05, 3.63) is 63.7 Å².